The average Bonchev–Trinajstić information content (AvgIpc) is 2.31. The van der Waals surface area contributed by atoms with Gasteiger partial charge in [-0.15, -0.1) is 0 Å². The lowest BCUT2D eigenvalue weighted by Crippen LogP contribution is -2.14. The number of nitrogens with two attached hydrogens (primary N) is 1. The Labute approximate surface area is 84.6 Å². The van der Waals surface area contributed by atoms with Gasteiger partial charge in [-0.3, -0.25) is 10.1 Å². The quantitative estimate of drug-likeness (QED) is 0.566. The molecule has 0 aliphatic rings. The van der Waals surface area contributed by atoms with Crippen molar-refractivity contribution in [2.75, 3.05) is 0 Å². The second-order valence-corrected chi connectivity index (χ2v) is 3.89. The van der Waals surface area contributed by atoms with Gasteiger partial charge in [0.2, 0.25) is 0 Å². The number of rotatable bonds is 3. The largest absolute Gasteiger partial charge is 0.387 e. The summed E-state index contributed by atoms with van der Waals surface area (Å²) in [6, 6.07) is 0.356. The van der Waals surface area contributed by atoms with Gasteiger partial charge in [-0.25, -0.2) is 0 Å². The third-order valence-electron chi connectivity index (χ3n) is 2.33. The molecule has 0 aliphatic heterocycles. The molecule has 0 fully saturated rings. The molecule has 0 aromatic carbocycles. The van der Waals surface area contributed by atoms with Gasteiger partial charge in [0.25, 0.3) is 0 Å². The second-order valence-electron chi connectivity index (χ2n) is 3.89. The third kappa shape index (κ3) is 1.95. The Balaban J connectivity index is 3.11. The minimum absolute atomic E-state index is 0.194. The molecule has 0 aliphatic carbocycles. The summed E-state index contributed by atoms with van der Waals surface area (Å²) in [4.78, 5) is 0. The number of aryl methyl sites for hydroxylation is 1. The highest BCUT2D eigenvalue weighted by molar-refractivity contribution is 5.79. The predicted octanol–water partition coefficient (Wildman–Crippen LogP) is 1.56. The zero-order valence-corrected chi connectivity index (χ0v) is 9.26. The molecule has 0 radical (unpaired) electrons. The highest BCUT2D eigenvalue weighted by Gasteiger charge is 2.13. The van der Waals surface area contributed by atoms with Gasteiger partial charge in [0.15, 0.2) is 0 Å². The SMILES string of the molecule is Cc1nn(C(C)C)c(C)c1CC(=N)N. The fourth-order valence-electron chi connectivity index (χ4n) is 1.65. The van der Waals surface area contributed by atoms with Crippen LogP contribution >= 0.6 is 0 Å². The van der Waals surface area contributed by atoms with Gasteiger partial charge in [0, 0.05) is 23.7 Å². The summed E-state index contributed by atoms with van der Waals surface area (Å²) in [7, 11) is 0. The van der Waals surface area contributed by atoms with E-state index in [4.69, 9.17) is 11.1 Å². The zero-order chi connectivity index (χ0) is 10.9. The number of hydrogen-bond donors (Lipinski definition) is 2. The molecule has 0 spiro atoms. The molecule has 1 aromatic heterocycles. The van der Waals surface area contributed by atoms with E-state index < -0.39 is 0 Å². The minimum atomic E-state index is 0.194. The number of amidine groups is 1. The zero-order valence-electron chi connectivity index (χ0n) is 9.26. The maximum Gasteiger partial charge on any atom is 0.0951 e. The van der Waals surface area contributed by atoms with Gasteiger partial charge in [0.05, 0.1) is 11.5 Å². The van der Waals surface area contributed by atoms with Crippen LogP contribution in [0.2, 0.25) is 0 Å². The molecule has 1 rings (SSSR count). The van der Waals surface area contributed by atoms with Crippen LogP contribution in [0.3, 0.4) is 0 Å². The maximum atomic E-state index is 7.28. The molecule has 0 amide bonds. The van der Waals surface area contributed by atoms with Crippen molar-refractivity contribution in [3.63, 3.8) is 0 Å². The maximum absolute atomic E-state index is 7.28. The number of nitrogens with one attached hydrogen (secondary N) is 1. The van der Waals surface area contributed by atoms with E-state index >= 15 is 0 Å². The molecule has 0 atom stereocenters. The van der Waals surface area contributed by atoms with Crippen LogP contribution in [-0.2, 0) is 6.42 Å². The molecule has 4 nitrogen and oxygen atoms in total. The van der Waals surface area contributed by atoms with Crippen molar-refractivity contribution in [3.8, 4) is 0 Å². The molecule has 0 unspecified atom stereocenters. The lowest BCUT2D eigenvalue weighted by atomic mass is 10.1. The monoisotopic (exact) mass is 194 g/mol. The van der Waals surface area contributed by atoms with Crippen LogP contribution in [0.25, 0.3) is 0 Å². The van der Waals surface area contributed by atoms with E-state index in [1.807, 2.05) is 18.5 Å². The second kappa shape index (κ2) is 3.82. The van der Waals surface area contributed by atoms with Crippen LogP contribution in [0.15, 0.2) is 0 Å². The van der Waals surface area contributed by atoms with Gasteiger partial charge in [-0.2, -0.15) is 5.10 Å². The van der Waals surface area contributed by atoms with E-state index in [1.54, 1.807) is 0 Å². The summed E-state index contributed by atoms with van der Waals surface area (Å²) in [5, 5.41) is 11.7. The van der Waals surface area contributed by atoms with E-state index in [0.29, 0.717) is 12.5 Å². The van der Waals surface area contributed by atoms with Gasteiger partial charge in [-0.1, -0.05) is 0 Å². The molecule has 1 heterocycles. The fourth-order valence-corrected chi connectivity index (χ4v) is 1.65. The van der Waals surface area contributed by atoms with Crippen molar-refractivity contribution in [2.45, 2.75) is 40.2 Å². The third-order valence-corrected chi connectivity index (χ3v) is 2.33. The first-order valence-electron chi connectivity index (χ1n) is 4.81. The normalized spacial score (nSPS) is 10.9. The number of hydrogen-bond acceptors (Lipinski definition) is 2. The van der Waals surface area contributed by atoms with Gasteiger partial charge in [0.1, 0.15) is 0 Å². The van der Waals surface area contributed by atoms with Gasteiger partial charge < -0.3 is 5.73 Å². The van der Waals surface area contributed by atoms with Crippen molar-refractivity contribution >= 4 is 5.84 Å². The first-order valence-corrected chi connectivity index (χ1v) is 4.81. The highest BCUT2D eigenvalue weighted by Crippen LogP contribution is 2.17. The summed E-state index contributed by atoms with van der Waals surface area (Å²) in [6.07, 6.45) is 0.504. The predicted molar refractivity (Wildman–Crippen MR) is 57.7 cm³/mol. The topological polar surface area (TPSA) is 67.7 Å². The Kier molecular flexibility index (Phi) is 2.93. The molecule has 0 saturated carbocycles. The molecular formula is C10H18N4. The molecule has 4 heteroatoms. The van der Waals surface area contributed by atoms with Crippen LogP contribution in [0.1, 0.15) is 36.8 Å². The fraction of sp³-hybridized carbons (Fsp3) is 0.600. The van der Waals surface area contributed by atoms with Crippen LogP contribution in [0.4, 0.5) is 0 Å². The lowest BCUT2D eigenvalue weighted by Gasteiger charge is -2.08. The molecule has 0 bridgehead atoms. The van der Waals surface area contributed by atoms with Gasteiger partial charge in [-0.05, 0) is 27.7 Å². The Bertz CT molecular complexity index is 349. The standard InChI is InChI=1S/C10H18N4/c1-6(2)14-8(4)9(5-10(11)12)7(3)13-14/h6H,5H2,1-4H3,(H3,11,12). The van der Waals surface area contributed by atoms with Crippen LogP contribution < -0.4 is 5.73 Å². The van der Waals surface area contributed by atoms with Crippen molar-refractivity contribution in [3.05, 3.63) is 17.0 Å². The molecular weight excluding hydrogens is 176 g/mol. The highest BCUT2D eigenvalue weighted by atomic mass is 15.3. The van der Waals surface area contributed by atoms with Gasteiger partial charge >= 0.3 is 0 Å². The average molecular weight is 194 g/mol. The van der Waals surface area contributed by atoms with Crippen LogP contribution in [-0.4, -0.2) is 15.6 Å². The Morgan fingerprint density at radius 1 is 1.50 bits per heavy atom. The Hall–Kier alpha value is -1.32. The first kappa shape index (κ1) is 10.8. The van der Waals surface area contributed by atoms with Crippen molar-refractivity contribution in [2.24, 2.45) is 5.73 Å². The van der Waals surface area contributed by atoms with Crippen molar-refractivity contribution in [1.82, 2.24) is 9.78 Å². The molecule has 0 saturated heterocycles. The summed E-state index contributed by atoms with van der Waals surface area (Å²) >= 11 is 0. The minimum Gasteiger partial charge on any atom is -0.387 e. The smallest absolute Gasteiger partial charge is 0.0951 e. The summed E-state index contributed by atoms with van der Waals surface area (Å²) in [6.45, 7) is 8.18. The number of nitrogens with zero attached hydrogens (tertiary/aromatic N) is 2. The summed E-state index contributed by atoms with van der Waals surface area (Å²) in [5.41, 5.74) is 8.58. The lowest BCUT2D eigenvalue weighted by molar-refractivity contribution is 0.516. The molecule has 1 aromatic rings. The van der Waals surface area contributed by atoms with E-state index in [1.165, 1.54) is 0 Å². The summed E-state index contributed by atoms with van der Waals surface area (Å²) < 4.78 is 1.98. The van der Waals surface area contributed by atoms with Crippen LogP contribution in [0.5, 0.6) is 0 Å². The van der Waals surface area contributed by atoms with Crippen molar-refractivity contribution in [1.29, 1.82) is 5.41 Å². The Morgan fingerprint density at radius 3 is 2.43 bits per heavy atom. The van der Waals surface area contributed by atoms with E-state index in [0.717, 1.165) is 17.0 Å². The number of aromatic nitrogens is 2. The van der Waals surface area contributed by atoms with Crippen molar-refractivity contribution < 1.29 is 0 Å². The van der Waals surface area contributed by atoms with E-state index in [2.05, 4.69) is 18.9 Å². The first-order chi connectivity index (χ1) is 6.43. The Morgan fingerprint density at radius 2 is 2.07 bits per heavy atom. The van der Waals surface area contributed by atoms with E-state index in [-0.39, 0.29) is 5.84 Å². The van der Waals surface area contributed by atoms with E-state index in [9.17, 15) is 0 Å². The molecule has 78 valence electrons. The molecule has 14 heavy (non-hydrogen) atoms. The molecule has 3 N–H and O–H groups in total. The summed E-state index contributed by atoms with van der Waals surface area (Å²) in [5.74, 6) is 0.194. The van der Waals surface area contributed by atoms with Crippen LogP contribution in [0, 0.1) is 19.3 Å².